The van der Waals surface area contributed by atoms with Gasteiger partial charge in [-0.25, -0.2) is 4.98 Å². The Morgan fingerprint density at radius 2 is 1.89 bits per heavy atom. The molecule has 0 saturated carbocycles. The number of benzene rings is 1. The van der Waals surface area contributed by atoms with Crippen LogP contribution < -0.4 is 10.1 Å². The zero-order valence-electron chi connectivity index (χ0n) is 10.6. The van der Waals surface area contributed by atoms with Gasteiger partial charge in [-0.2, -0.15) is 0 Å². The number of hydrogen-bond donors (Lipinski definition) is 1. The van der Waals surface area contributed by atoms with E-state index in [0.717, 1.165) is 11.4 Å². The minimum atomic E-state index is -0.105. The molecule has 0 radical (unpaired) electrons. The maximum absolute atomic E-state index is 10.9. The summed E-state index contributed by atoms with van der Waals surface area (Å²) < 4.78 is 5.69. The fraction of sp³-hybridized carbons (Fsp3) is 0.143. The third-order valence-corrected chi connectivity index (χ3v) is 2.62. The average Bonchev–Trinajstić information content (AvgIpc) is 2.34. The Labute approximate surface area is 116 Å². The normalized spacial score (nSPS) is 10.1. The van der Waals surface area contributed by atoms with Crippen LogP contribution in [-0.2, 0) is 4.79 Å². The molecule has 5 heteroatoms. The van der Waals surface area contributed by atoms with Crippen LogP contribution in [0.1, 0.15) is 12.6 Å². The lowest BCUT2D eigenvalue weighted by molar-refractivity contribution is -0.114. The van der Waals surface area contributed by atoms with Crippen LogP contribution in [0.3, 0.4) is 0 Å². The van der Waals surface area contributed by atoms with Crippen molar-refractivity contribution >= 4 is 23.2 Å². The van der Waals surface area contributed by atoms with Gasteiger partial charge in [-0.3, -0.25) is 4.79 Å². The fourth-order valence-electron chi connectivity index (χ4n) is 1.56. The number of nitrogens with zero attached hydrogens (tertiary/aromatic N) is 1. The van der Waals surface area contributed by atoms with Gasteiger partial charge >= 0.3 is 0 Å². The number of anilines is 1. The Kier molecular flexibility index (Phi) is 4.02. The molecule has 1 amide bonds. The highest BCUT2D eigenvalue weighted by atomic mass is 35.5. The molecule has 1 aromatic carbocycles. The zero-order chi connectivity index (χ0) is 13.8. The molecule has 19 heavy (non-hydrogen) atoms. The predicted octanol–water partition coefficient (Wildman–Crippen LogP) is 3.79. The van der Waals surface area contributed by atoms with E-state index in [2.05, 4.69) is 10.3 Å². The second kappa shape index (κ2) is 5.71. The van der Waals surface area contributed by atoms with Crippen molar-refractivity contribution < 1.29 is 9.53 Å². The summed E-state index contributed by atoms with van der Waals surface area (Å²) >= 11 is 5.78. The summed E-state index contributed by atoms with van der Waals surface area (Å²) in [5.41, 5.74) is 1.45. The standard InChI is InChI=1S/C14H13ClN2O2/c1-9-13(7-8-14(15)16-9)19-12-5-3-11(4-6-12)17-10(2)18/h3-8H,1-2H3,(H,17,18). The summed E-state index contributed by atoms with van der Waals surface area (Å²) in [5, 5.41) is 3.13. The van der Waals surface area contributed by atoms with Crippen molar-refractivity contribution in [3.8, 4) is 11.5 Å². The number of nitrogens with one attached hydrogen (secondary N) is 1. The quantitative estimate of drug-likeness (QED) is 0.868. The number of aryl methyl sites for hydroxylation is 1. The lowest BCUT2D eigenvalue weighted by Crippen LogP contribution is -2.05. The Balaban J connectivity index is 2.13. The number of pyridine rings is 1. The van der Waals surface area contributed by atoms with E-state index in [1.807, 2.05) is 6.92 Å². The maximum Gasteiger partial charge on any atom is 0.221 e. The number of hydrogen-bond acceptors (Lipinski definition) is 3. The number of carbonyl (C=O) groups excluding carboxylic acids is 1. The molecule has 1 heterocycles. The van der Waals surface area contributed by atoms with Crippen molar-refractivity contribution in [3.05, 3.63) is 47.2 Å². The van der Waals surface area contributed by atoms with Crippen LogP contribution in [-0.4, -0.2) is 10.9 Å². The molecule has 0 spiro atoms. The van der Waals surface area contributed by atoms with Crippen molar-refractivity contribution in [3.63, 3.8) is 0 Å². The first kappa shape index (κ1) is 13.4. The first-order valence-corrected chi connectivity index (χ1v) is 6.11. The van der Waals surface area contributed by atoms with Crippen molar-refractivity contribution in [2.24, 2.45) is 0 Å². The summed E-state index contributed by atoms with van der Waals surface area (Å²) in [6.07, 6.45) is 0. The van der Waals surface area contributed by atoms with Crippen molar-refractivity contribution in [1.29, 1.82) is 0 Å². The SMILES string of the molecule is CC(=O)Nc1ccc(Oc2ccc(Cl)nc2C)cc1. The molecule has 0 aliphatic rings. The van der Waals surface area contributed by atoms with E-state index in [1.54, 1.807) is 36.4 Å². The molecule has 98 valence electrons. The fourth-order valence-corrected chi connectivity index (χ4v) is 1.75. The highest BCUT2D eigenvalue weighted by Crippen LogP contribution is 2.26. The summed E-state index contributed by atoms with van der Waals surface area (Å²) in [6.45, 7) is 3.29. The Hall–Kier alpha value is -2.07. The number of aromatic nitrogens is 1. The number of ether oxygens (including phenoxy) is 1. The molecule has 0 bridgehead atoms. The van der Waals surface area contributed by atoms with E-state index >= 15 is 0 Å². The molecule has 2 aromatic rings. The zero-order valence-corrected chi connectivity index (χ0v) is 11.4. The van der Waals surface area contributed by atoms with Crippen LogP contribution in [0.25, 0.3) is 0 Å². The summed E-state index contributed by atoms with van der Waals surface area (Å²) in [6, 6.07) is 10.5. The molecule has 0 unspecified atom stereocenters. The Bertz CT molecular complexity index is 597. The smallest absolute Gasteiger partial charge is 0.221 e. The monoisotopic (exact) mass is 276 g/mol. The topological polar surface area (TPSA) is 51.2 Å². The largest absolute Gasteiger partial charge is 0.455 e. The van der Waals surface area contributed by atoms with Gasteiger partial charge in [0.2, 0.25) is 5.91 Å². The lowest BCUT2D eigenvalue weighted by atomic mass is 10.3. The van der Waals surface area contributed by atoms with Crippen LogP contribution in [0.2, 0.25) is 5.15 Å². The van der Waals surface area contributed by atoms with E-state index in [1.165, 1.54) is 6.92 Å². The molecular formula is C14H13ClN2O2. The third kappa shape index (κ3) is 3.69. The minimum absolute atomic E-state index is 0.105. The molecule has 0 saturated heterocycles. The average molecular weight is 277 g/mol. The van der Waals surface area contributed by atoms with Crippen LogP contribution in [0.15, 0.2) is 36.4 Å². The van der Waals surface area contributed by atoms with Gasteiger partial charge in [0.1, 0.15) is 16.7 Å². The first-order chi connectivity index (χ1) is 9.04. The molecule has 0 fully saturated rings. The Morgan fingerprint density at radius 3 is 2.47 bits per heavy atom. The van der Waals surface area contributed by atoms with Gasteiger partial charge in [0.25, 0.3) is 0 Å². The molecule has 1 aromatic heterocycles. The predicted molar refractivity (Wildman–Crippen MR) is 74.8 cm³/mol. The Morgan fingerprint density at radius 1 is 1.21 bits per heavy atom. The third-order valence-electron chi connectivity index (χ3n) is 2.41. The second-order valence-electron chi connectivity index (χ2n) is 4.03. The van der Waals surface area contributed by atoms with Gasteiger partial charge in [-0.05, 0) is 43.3 Å². The number of halogens is 1. The minimum Gasteiger partial charge on any atom is -0.455 e. The van der Waals surface area contributed by atoms with Crippen LogP contribution >= 0.6 is 11.6 Å². The summed E-state index contributed by atoms with van der Waals surface area (Å²) in [5.74, 6) is 1.21. The maximum atomic E-state index is 10.9. The van der Waals surface area contributed by atoms with Crippen molar-refractivity contribution in [2.75, 3.05) is 5.32 Å². The molecule has 0 atom stereocenters. The van der Waals surface area contributed by atoms with Gasteiger partial charge in [-0.1, -0.05) is 11.6 Å². The molecule has 4 nitrogen and oxygen atoms in total. The van der Waals surface area contributed by atoms with E-state index in [9.17, 15) is 4.79 Å². The van der Waals surface area contributed by atoms with E-state index < -0.39 is 0 Å². The highest BCUT2D eigenvalue weighted by molar-refractivity contribution is 6.29. The van der Waals surface area contributed by atoms with E-state index in [0.29, 0.717) is 16.7 Å². The molecule has 1 N–H and O–H groups in total. The number of rotatable bonds is 3. The first-order valence-electron chi connectivity index (χ1n) is 5.73. The molecule has 2 rings (SSSR count). The van der Waals surface area contributed by atoms with Gasteiger partial charge < -0.3 is 10.1 Å². The lowest BCUT2D eigenvalue weighted by Gasteiger charge is -2.09. The van der Waals surface area contributed by atoms with Crippen LogP contribution in [0.5, 0.6) is 11.5 Å². The van der Waals surface area contributed by atoms with Crippen molar-refractivity contribution in [1.82, 2.24) is 4.98 Å². The van der Waals surface area contributed by atoms with Gasteiger partial charge in [0, 0.05) is 12.6 Å². The molecular weight excluding hydrogens is 264 g/mol. The van der Waals surface area contributed by atoms with Crippen LogP contribution in [0.4, 0.5) is 5.69 Å². The number of amides is 1. The molecule has 0 aliphatic carbocycles. The van der Waals surface area contributed by atoms with Gasteiger partial charge in [0.15, 0.2) is 0 Å². The van der Waals surface area contributed by atoms with Gasteiger partial charge in [0.05, 0.1) is 5.69 Å². The summed E-state index contributed by atoms with van der Waals surface area (Å²) in [4.78, 5) is 15.0. The highest BCUT2D eigenvalue weighted by Gasteiger charge is 2.04. The molecule has 0 aliphatic heterocycles. The van der Waals surface area contributed by atoms with Crippen LogP contribution in [0, 0.1) is 6.92 Å². The second-order valence-corrected chi connectivity index (χ2v) is 4.41. The van der Waals surface area contributed by atoms with Gasteiger partial charge in [-0.15, -0.1) is 0 Å². The summed E-state index contributed by atoms with van der Waals surface area (Å²) in [7, 11) is 0. The van der Waals surface area contributed by atoms with E-state index in [4.69, 9.17) is 16.3 Å². The van der Waals surface area contributed by atoms with Crippen molar-refractivity contribution in [2.45, 2.75) is 13.8 Å². The number of carbonyl (C=O) groups is 1. The van der Waals surface area contributed by atoms with E-state index in [-0.39, 0.29) is 5.91 Å².